The monoisotopic (exact) mass is 146 g/mol. The zero-order chi connectivity index (χ0) is 8.24. The van der Waals surface area contributed by atoms with E-state index in [1.165, 1.54) is 19.3 Å². The molecular weight excluding hydrogens is 128 g/mol. The average Bonchev–Trinajstić information content (AvgIpc) is 1.93. The second-order valence-electron chi connectivity index (χ2n) is 2.03. The highest BCUT2D eigenvalue weighted by molar-refractivity contribution is 5.49. The van der Waals surface area contributed by atoms with Crippen molar-refractivity contribution >= 4 is 6.29 Å². The van der Waals surface area contributed by atoms with Gasteiger partial charge < -0.3 is 9.90 Å². The van der Waals surface area contributed by atoms with Crippen molar-refractivity contribution in [3.05, 3.63) is 0 Å². The van der Waals surface area contributed by atoms with Crippen molar-refractivity contribution in [3.63, 3.8) is 0 Å². The number of hydrogen-bond acceptors (Lipinski definition) is 2. The van der Waals surface area contributed by atoms with Crippen LogP contribution in [0.25, 0.3) is 0 Å². The van der Waals surface area contributed by atoms with E-state index in [1.807, 2.05) is 0 Å². The second-order valence-corrected chi connectivity index (χ2v) is 2.03. The minimum Gasteiger partial charge on any atom is -0.396 e. The topological polar surface area (TPSA) is 37.3 Å². The number of aldehydes is 1. The zero-order valence-corrected chi connectivity index (χ0v) is 6.97. The molecule has 0 aliphatic carbocycles. The molecular formula is C8H18O2. The summed E-state index contributed by atoms with van der Waals surface area (Å²) in [6.07, 6.45) is 5.02. The van der Waals surface area contributed by atoms with Crippen LogP contribution in [0.1, 0.15) is 39.5 Å². The zero-order valence-electron chi connectivity index (χ0n) is 6.97. The molecule has 62 valence electrons. The number of hydrogen-bond donors (Lipinski definition) is 1. The normalized spacial score (nSPS) is 7.90. The molecule has 0 spiro atoms. The van der Waals surface area contributed by atoms with E-state index < -0.39 is 0 Å². The molecule has 0 aromatic heterocycles. The minimum absolute atomic E-state index is 0.0243. The molecule has 0 bridgehead atoms. The first-order valence-electron chi connectivity index (χ1n) is 3.87. The molecule has 0 rings (SSSR count). The highest BCUT2D eigenvalue weighted by Crippen LogP contribution is 1.88. The second kappa shape index (κ2) is 15.9. The molecule has 0 fully saturated rings. The van der Waals surface area contributed by atoms with Crippen LogP contribution in [0.4, 0.5) is 0 Å². The molecule has 10 heavy (non-hydrogen) atoms. The summed E-state index contributed by atoms with van der Waals surface area (Å²) in [6.45, 7) is 4.40. The Bertz CT molecular complexity index is 51.2. The lowest BCUT2D eigenvalue weighted by Crippen LogP contribution is -1.78. The van der Waals surface area contributed by atoms with Crippen LogP contribution in [0.5, 0.6) is 0 Å². The third-order valence-electron chi connectivity index (χ3n) is 0.954. The molecule has 0 radical (unpaired) electrons. The van der Waals surface area contributed by atoms with Gasteiger partial charge >= 0.3 is 0 Å². The van der Waals surface area contributed by atoms with Gasteiger partial charge in [0, 0.05) is 13.0 Å². The van der Waals surface area contributed by atoms with Gasteiger partial charge in [-0.1, -0.05) is 33.1 Å². The first-order valence-corrected chi connectivity index (χ1v) is 3.87. The molecule has 0 heterocycles. The lowest BCUT2D eigenvalue weighted by atomic mass is 10.3. The molecule has 0 saturated carbocycles. The fraction of sp³-hybridized carbons (Fsp3) is 0.875. The fourth-order valence-electron chi connectivity index (χ4n) is 0.406. The van der Waals surface area contributed by atoms with Crippen molar-refractivity contribution in [2.75, 3.05) is 6.61 Å². The third-order valence-corrected chi connectivity index (χ3v) is 0.954. The van der Waals surface area contributed by atoms with Crippen molar-refractivity contribution in [1.82, 2.24) is 0 Å². The molecule has 0 aromatic rings. The Morgan fingerprint density at radius 2 is 1.80 bits per heavy atom. The summed E-state index contributed by atoms with van der Waals surface area (Å²) in [5, 5.41) is 7.84. The summed E-state index contributed by atoms with van der Waals surface area (Å²) in [5.41, 5.74) is 0. The van der Waals surface area contributed by atoms with Crippen LogP contribution in [0.15, 0.2) is 0 Å². The van der Waals surface area contributed by atoms with Gasteiger partial charge in [-0.05, 0) is 0 Å². The van der Waals surface area contributed by atoms with Crippen LogP contribution in [0.3, 0.4) is 0 Å². The molecule has 0 aromatic carbocycles. The van der Waals surface area contributed by atoms with E-state index in [0.717, 1.165) is 0 Å². The Kier molecular flexibility index (Phi) is 19.5. The van der Waals surface area contributed by atoms with Gasteiger partial charge in [-0.25, -0.2) is 0 Å². The Morgan fingerprint density at radius 3 is 1.80 bits per heavy atom. The summed E-state index contributed by atoms with van der Waals surface area (Å²) in [6, 6.07) is 0. The van der Waals surface area contributed by atoms with Crippen LogP contribution in [-0.4, -0.2) is 18.0 Å². The molecule has 0 amide bonds. The maximum absolute atomic E-state index is 9.24. The van der Waals surface area contributed by atoms with Gasteiger partial charge in [-0.15, -0.1) is 0 Å². The maximum atomic E-state index is 9.24. The number of aliphatic hydroxyl groups excluding tert-OH is 1. The summed E-state index contributed by atoms with van der Waals surface area (Å²) < 4.78 is 0. The highest BCUT2D eigenvalue weighted by atomic mass is 16.3. The number of aliphatic hydroxyl groups is 1. The number of unbranched alkanes of at least 4 members (excludes halogenated alkanes) is 2. The summed E-state index contributed by atoms with van der Waals surface area (Å²) in [5.74, 6) is 0. The van der Waals surface area contributed by atoms with Gasteiger partial charge in [-0.2, -0.15) is 0 Å². The van der Waals surface area contributed by atoms with E-state index in [1.54, 1.807) is 0 Å². The molecule has 0 aliphatic heterocycles. The predicted molar refractivity (Wildman–Crippen MR) is 43.0 cm³/mol. The van der Waals surface area contributed by atoms with Gasteiger partial charge in [0.1, 0.15) is 6.29 Å². The SMILES string of the molecule is CCCCC.O=CCCO. The van der Waals surface area contributed by atoms with E-state index >= 15 is 0 Å². The quantitative estimate of drug-likeness (QED) is 0.614. The lowest BCUT2D eigenvalue weighted by Gasteiger charge is -1.79. The summed E-state index contributed by atoms with van der Waals surface area (Å²) in [7, 11) is 0. The van der Waals surface area contributed by atoms with Crippen molar-refractivity contribution < 1.29 is 9.90 Å². The Balaban J connectivity index is 0. The molecule has 1 N–H and O–H groups in total. The number of rotatable bonds is 4. The van der Waals surface area contributed by atoms with Gasteiger partial charge in [0.25, 0.3) is 0 Å². The van der Waals surface area contributed by atoms with Gasteiger partial charge in [0.2, 0.25) is 0 Å². The van der Waals surface area contributed by atoms with Crippen molar-refractivity contribution in [3.8, 4) is 0 Å². The van der Waals surface area contributed by atoms with Crippen LogP contribution in [0.2, 0.25) is 0 Å². The predicted octanol–water partition coefficient (Wildman–Crippen LogP) is 1.76. The average molecular weight is 146 g/mol. The maximum Gasteiger partial charge on any atom is 0.122 e. The Hall–Kier alpha value is -0.370. The number of carbonyl (C=O) groups is 1. The van der Waals surface area contributed by atoms with E-state index in [2.05, 4.69) is 13.8 Å². The highest BCUT2D eigenvalue weighted by Gasteiger charge is 1.68. The standard InChI is InChI=1S/C5H12.C3H6O2/c1-3-5-4-2;4-2-1-3-5/h3-5H2,1-2H3;2,5H,1,3H2. The van der Waals surface area contributed by atoms with Crippen LogP contribution in [0, 0.1) is 0 Å². The van der Waals surface area contributed by atoms with Crippen LogP contribution < -0.4 is 0 Å². The first-order chi connectivity index (χ1) is 4.83. The van der Waals surface area contributed by atoms with Crippen molar-refractivity contribution in [1.29, 1.82) is 0 Å². The Morgan fingerprint density at radius 1 is 1.30 bits per heavy atom. The van der Waals surface area contributed by atoms with E-state index in [0.29, 0.717) is 6.29 Å². The molecule has 2 heteroatoms. The van der Waals surface area contributed by atoms with Gasteiger partial charge in [-0.3, -0.25) is 0 Å². The van der Waals surface area contributed by atoms with E-state index in [9.17, 15) is 4.79 Å². The van der Waals surface area contributed by atoms with Crippen LogP contribution in [-0.2, 0) is 4.79 Å². The lowest BCUT2D eigenvalue weighted by molar-refractivity contribution is -0.108. The summed E-state index contributed by atoms with van der Waals surface area (Å²) in [4.78, 5) is 9.24. The van der Waals surface area contributed by atoms with Gasteiger partial charge in [0.05, 0.1) is 0 Å². The minimum atomic E-state index is -0.0243. The molecule has 2 nitrogen and oxygen atoms in total. The van der Waals surface area contributed by atoms with Crippen molar-refractivity contribution in [2.24, 2.45) is 0 Å². The van der Waals surface area contributed by atoms with Gasteiger partial charge in [0.15, 0.2) is 0 Å². The largest absolute Gasteiger partial charge is 0.396 e. The van der Waals surface area contributed by atoms with E-state index in [-0.39, 0.29) is 13.0 Å². The molecule has 0 unspecified atom stereocenters. The Labute approximate surface area is 63.3 Å². The fourth-order valence-corrected chi connectivity index (χ4v) is 0.406. The van der Waals surface area contributed by atoms with Crippen LogP contribution >= 0.6 is 0 Å². The third kappa shape index (κ3) is 25.5. The summed E-state index contributed by atoms with van der Waals surface area (Å²) >= 11 is 0. The first kappa shape index (κ1) is 12.3. The smallest absolute Gasteiger partial charge is 0.122 e. The molecule has 0 atom stereocenters. The van der Waals surface area contributed by atoms with E-state index in [4.69, 9.17) is 5.11 Å². The number of carbonyl (C=O) groups excluding carboxylic acids is 1. The van der Waals surface area contributed by atoms with Crippen molar-refractivity contribution in [2.45, 2.75) is 39.5 Å². The molecule has 0 saturated heterocycles. The molecule has 0 aliphatic rings.